The number of hydrogen-bond acceptors (Lipinski definition) is 6. The van der Waals surface area contributed by atoms with Gasteiger partial charge < -0.3 is 9.72 Å². The van der Waals surface area contributed by atoms with E-state index >= 15 is 0 Å². The summed E-state index contributed by atoms with van der Waals surface area (Å²) in [5, 5.41) is 2.70. The smallest absolute Gasteiger partial charge is 0.337 e. The number of hydrogen-bond donors (Lipinski definition) is 1. The highest BCUT2D eigenvalue weighted by molar-refractivity contribution is 7.89. The molecule has 2 aromatic heterocycles. The molecule has 0 saturated carbocycles. The molecular weight excluding hydrogens is 472 g/mol. The molecule has 0 amide bonds. The molecule has 0 saturated heterocycles. The molecule has 0 radical (unpaired) electrons. The van der Waals surface area contributed by atoms with Gasteiger partial charge in [0.15, 0.2) is 0 Å². The third-order valence-corrected chi connectivity index (χ3v) is 8.34. The fraction of sp³-hybridized carbons (Fsp3) is 0.200. The van der Waals surface area contributed by atoms with Crippen LogP contribution in [0.3, 0.4) is 0 Å². The van der Waals surface area contributed by atoms with Gasteiger partial charge in [0, 0.05) is 29.0 Å². The zero-order valence-corrected chi connectivity index (χ0v) is 20.6. The SMILES string of the molecule is COC(=O)c1cccc(S(=O)(=O)N(Cc2cccs2)Cc2cc3cc(C)c(C)cc3[nH]c2=O)c1. The summed E-state index contributed by atoms with van der Waals surface area (Å²) in [6, 6.07) is 15.0. The summed E-state index contributed by atoms with van der Waals surface area (Å²) in [5.74, 6) is -0.626. The van der Waals surface area contributed by atoms with E-state index in [2.05, 4.69) is 4.98 Å². The molecule has 0 aliphatic rings. The molecule has 0 aliphatic heterocycles. The van der Waals surface area contributed by atoms with E-state index in [4.69, 9.17) is 4.74 Å². The van der Waals surface area contributed by atoms with E-state index in [9.17, 15) is 18.0 Å². The summed E-state index contributed by atoms with van der Waals surface area (Å²) in [4.78, 5) is 28.5. The fourth-order valence-corrected chi connectivity index (χ4v) is 5.93. The number of aromatic nitrogens is 1. The number of aromatic amines is 1. The minimum atomic E-state index is -4.05. The van der Waals surface area contributed by atoms with Gasteiger partial charge in [-0.15, -0.1) is 11.3 Å². The molecule has 0 fully saturated rings. The predicted octanol–water partition coefficient (Wildman–Crippen LogP) is 4.38. The standard InChI is InChI=1S/C25H24N2O5S2/c1-16-10-19-12-20(24(28)26-23(19)11-17(16)2)14-27(15-21-7-5-9-33-21)34(30,31)22-8-4-6-18(13-22)25(29)32-3/h4-13H,14-15H2,1-3H3,(H,26,28). The van der Waals surface area contributed by atoms with E-state index < -0.39 is 16.0 Å². The Kier molecular flexibility index (Phi) is 6.70. The van der Waals surface area contributed by atoms with Crippen molar-refractivity contribution in [1.82, 2.24) is 9.29 Å². The van der Waals surface area contributed by atoms with Gasteiger partial charge in [-0.25, -0.2) is 13.2 Å². The molecule has 176 valence electrons. The van der Waals surface area contributed by atoms with Crippen LogP contribution in [0.15, 0.2) is 69.7 Å². The van der Waals surface area contributed by atoms with E-state index in [0.717, 1.165) is 21.4 Å². The zero-order chi connectivity index (χ0) is 24.5. The maximum atomic E-state index is 13.7. The molecule has 0 atom stereocenters. The van der Waals surface area contributed by atoms with Gasteiger partial charge in [-0.3, -0.25) is 4.79 Å². The second kappa shape index (κ2) is 9.54. The molecule has 0 spiro atoms. The second-order valence-electron chi connectivity index (χ2n) is 8.02. The number of carbonyl (C=O) groups excluding carboxylic acids is 1. The first-order valence-corrected chi connectivity index (χ1v) is 12.8. The Labute approximate surface area is 201 Å². The lowest BCUT2D eigenvalue weighted by Gasteiger charge is -2.22. The molecule has 0 bridgehead atoms. The number of sulfonamides is 1. The van der Waals surface area contributed by atoms with Gasteiger partial charge >= 0.3 is 5.97 Å². The van der Waals surface area contributed by atoms with E-state index in [1.807, 2.05) is 43.5 Å². The fourth-order valence-electron chi connectivity index (χ4n) is 3.68. The number of pyridine rings is 1. The molecule has 2 aromatic carbocycles. The maximum absolute atomic E-state index is 13.7. The van der Waals surface area contributed by atoms with Crippen molar-refractivity contribution >= 4 is 38.2 Å². The van der Waals surface area contributed by atoms with E-state index in [1.54, 1.807) is 6.07 Å². The van der Waals surface area contributed by atoms with Crippen LogP contribution in [-0.4, -0.2) is 30.8 Å². The van der Waals surface area contributed by atoms with Gasteiger partial charge in [-0.1, -0.05) is 12.1 Å². The minimum Gasteiger partial charge on any atom is -0.465 e. The average molecular weight is 497 g/mol. The summed E-state index contributed by atoms with van der Waals surface area (Å²) < 4.78 is 33.3. The molecule has 0 aliphatic carbocycles. The first-order chi connectivity index (χ1) is 16.2. The Balaban J connectivity index is 1.78. The van der Waals surface area contributed by atoms with Crippen molar-refractivity contribution in [1.29, 1.82) is 0 Å². The Hall–Kier alpha value is -3.27. The number of fused-ring (bicyclic) bond motifs is 1. The Morgan fingerprint density at radius 2 is 1.79 bits per heavy atom. The Morgan fingerprint density at radius 1 is 1.03 bits per heavy atom. The van der Waals surface area contributed by atoms with Crippen LogP contribution < -0.4 is 5.56 Å². The van der Waals surface area contributed by atoms with E-state index in [0.29, 0.717) is 11.1 Å². The van der Waals surface area contributed by atoms with Crippen LogP contribution in [0.4, 0.5) is 0 Å². The molecule has 0 unspecified atom stereocenters. The van der Waals surface area contributed by atoms with Crippen molar-refractivity contribution in [3.63, 3.8) is 0 Å². The normalized spacial score (nSPS) is 11.8. The highest BCUT2D eigenvalue weighted by atomic mass is 32.2. The quantitative estimate of drug-likeness (QED) is 0.383. The van der Waals surface area contributed by atoms with Gasteiger partial charge in [0.05, 0.1) is 17.6 Å². The molecule has 4 aromatic rings. The Bertz CT molecular complexity index is 1520. The zero-order valence-electron chi connectivity index (χ0n) is 19.0. The number of thiophene rings is 1. The van der Waals surface area contributed by atoms with Crippen LogP contribution in [0, 0.1) is 13.8 Å². The van der Waals surface area contributed by atoms with Crippen LogP contribution in [0.5, 0.6) is 0 Å². The lowest BCUT2D eigenvalue weighted by Crippen LogP contribution is -2.32. The lowest BCUT2D eigenvalue weighted by molar-refractivity contribution is 0.0600. The molecular formula is C25H24N2O5S2. The third-order valence-electron chi connectivity index (χ3n) is 5.69. The van der Waals surface area contributed by atoms with E-state index in [-0.39, 0.29) is 29.1 Å². The Morgan fingerprint density at radius 3 is 2.50 bits per heavy atom. The minimum absolute atomic E-state index is 0.0457. The molecule has 2 heterocycles. The molecule has 9 heteroatoms. The number of aryl methyl sites for hydroxylation is 2. The van der Waals surface area contributed by atoms with Crippen LogP contribution in [0.2, 0.25) is 0 Å². The first kappa shape index (κ1) is 23.9. The number of ether oxygens (including phenoxy) is 1. The van der Waals surface area contributed by atoms with Gasteiger partial charge in [0.25, 0.3) is 5.56 Å². The number of nitrogens with one attached hydrogen (secondary N) is 1. The number of rotatable bonds is 7. The van der Waals surface area contributed by atoms with Crippen LogP contribution in [0.1, 0.15) is 31.9 Å². The van der Waals surface area contributed by atoms with Gasteiger partial charge in [-0.2, -0.15) is 4.31 Å². The summed E-state index contributed by atoms with van der Waals surface area (Å²) in [5.41, 5.74) is 2.96. The number of H-pyrrole nitrogens is 1. The number of methoxy groups -OCH3 is 1. The van der Waals surface area contributed by atoms with Crippen LogP contribution in [0.25, 0.3) is 10.9 Å². The topological polar surface area (TPSA) is 96.5 Å². The van der Waals surface area contributed by atoms with E-state index in [1.165, 1.54) is 47.0 Å². The van der Waals surface area contributed by atoms with Crippen molar-refractivity contribution < 1.29 is 17.9 Å². The largest absolute Gasteiger partial charge is 0.465 e. The van der Waals surface area contributed by atoms with Gasteiger partial charge in [-0.05, 0) is 78.2 Å². The number of nitrogens with zero attached hydrogens (tertiary/aromatic N) is 1. The average Bonchev–Trinajstić information content (AvgIpc) is 3.33. The predicted molar refractivity (Wildman–Crippen MR) is 133 cm³/mol. The summed E-state index contributed by atoms with van der Waals surface area (Å²) in [6.07, 6.45) is 0. The summed E-state index contributed by atoms with van der Waals surface area (Å²) in [6.45, 7) is 3.92. The van der Waals surface area contributed by atoms with Crippen molar-refractivity contribution in [3.05, 3.63) is 97.5 Å². The van der Waals surface area contributed by atoms with Crippen LogP contribution in [-0.2, 0) is 27.8 Å². The van der Waals surface area contributed by atoms with Crippen molar-refractivity contribution in [2.45, 2.75) is 31.8 Å². The molecule has 4 rings (SSSR count). The van der Waals surface area contributed by atoms with Gasteiger partial charge in [0.2, 0.25) is 10.0 Å². The number of benzene rings is 2. The third kappa shape index (κ3) is 4.82. The first-order valence-electron chi connectivity index (χ1n) is 10.5. The number of carbonyl (C=O) groups is 1. The van der Waals surface area contributed by atoms with Crippen LogP contribution >= 0.6 is 11.3 Å². The van der Waals surface area contributed by atoms with Gasteiger partial charge in [0.1, 0.15) is 0 Å². The maximum Gasteiger partial charge on any atom is 0.337 e. The lowest BCUT2D eigenvalue weighted by atomic mass is 10.1. The summed E-state index contributed by atoms with van der Waals surface area (Å²) in [7, 11) is -2.81. The van der Waals surface area contributed by atoms with Crippen molar-refractivity contribution in [2.24, 2.45) is 0 Å². The second-order valence-corrected chi connectivity index (χ2v) is 11.0. The highest BCUT2D eigenvalue weighted by Gasteiger charge is 2.27. The molecule has 7 nitrogen and oxygen atoms in total. The molecule has 1 N–H and O–H groups in total. The number of esters is 1. The van der Waals surface area contributed by atoms with Crippen molar-refractivity contribution in [2.75, 3.05) is 7.11 Å². The molecule has 34 heavy (non-hydrogen) atoms. The highest BCUT2D eigenvalue weighted by Crippen LogP contribution is 2.24. The summed E-state index contributed by atoms with van der Waals surface area (Å²) >= 11 is 1.43. The monoisotopic (exact) mass is 496 g/mol. The van der Waals surface area contributed by atoms with Crippen molar-refractivity contribution in [3.8, 4) is 0 Å².